The smallest absolute Gasteiger partial charge is 0.328 e. The van der Waals surface area contributed by atoms with Gasteiger partial charge in [-0.1, -0.05) is 24.3 Å². The first-order chi connectivity index (χ1) is 8.91. The van der Waals surface area contributed by atoms with E-state index in [0.29, 0.717) is 0 Å². The largest absolute Gasteiger partial charge is 0.478 e. The van der Waals surface area contributed by atoms with Crippen LogP contribution < -0.4 is 5.32 Å². The van der Waals surface area contributed by atoms with Crippen LogP contribution in [0.3, 0.4) is 0 Å². The van der Waals surface area contributed by atoms with Gasteiger partial charge in [-0.25, -0.2) is 4.79 Å². The highest BCUT2D eigenvalue weighted by atomic mass is 16.4. The van der Waals surface area contributed by atoms with Crippen LogP contribution in [0.15, 0.2) is 36.4 Å². The normalized spacial score (nSPS) is 14.1. The van der Waals surface area contributed by atoms with Crippen molar-refractivity contribution in [1.29, 1.82) is 0 Å². The van der Waals surface area contributed by atoms with Crippen molar-refractivity contribution in [2.75, 3.05) is 0 Å². The van der Waals surface area contributed by atoms with E-state index in [2.05, 4.69) is 5.32 Å². The molecular formula is C14H17NO4. The summed E-state index contributed by atoms with van der Waals surface area (Å²) in [6.07, 6.45) is 0.828. The number of carbonyl (C=O) groups excluding carboxylic acids is 1. The average molecular weight is 263 g/mol. The number of rotatable bonds is 5. The zero-order valence-electron chi connectivity index (χ0n) is 10.8. The van der Waals surface area contributed by atoms with Gasteiger partial charge in [0.05, 0.1) is 12.1 Å². The molecule has 102 valence electrons. The van der Waals surface area contributed by atoms with Gasteiger partial charge in [-0.15, -0.1) is 0 Å². The number of aryl methyl sites for hydroxylation is 1. The first-order valence-electron chi connectivity index (χ1n) is 5.87. The van der Waals surface area contributed by atoms with Gasteiger partial charge in [-0.2, -0.15) is 0 Å². The van der Waals surface area contributed by atoms with Gasteiger partial charge in [0.25, 0.3) is 0 Å². The van der Waals surface area contributed by atoms with E-state index in [1.54, 1.807) is 13.0 Å². The maximum Gasteiger partial charge on any atom is 0.328 e. The summed E-state index contributed by atoms with van der Waals surface area (Å²) in [4.78, 5) is 21.7. The van der Waals surface area contributed by atoms with Crippen LogP contribution in [-0.2, 0) is 9.59 Å². The zero-order chi connectivity index (χ0) is 14.4. The molecule has 1 rings (SSSR count). The monoisotopic (exact) mass is 263 g/mol. The summed E-state index contributed by atoms with van der Waals surface area (Å²) in [5.41, 5.74) is 1.66. The van der Waals surface area contributed by atoms with Crippen LogP contribution in [0.4, 0.5) is 0 Å². The molecule has 1 amide bonds. The summed E-state index contributed by atoms with van der Waals surface area (Å²) in [5.74, 6) is -1.75. The fraction of sp³-hybridized carbons (Fsp3) is 0.286. The molecule has 2 unspecified atom stereocenters. The molecule has 1 aromatic carbocycles. The molecule has 0 bridgehead atoms. The third kappa shape index (κ3) is 4.56. The van der Waals surface area contributed by atoms with Crippen LogP contribution in [-0.4, -0.2) is 28.1 Å². The van der Waals surface area contributed by atoms with Crippen molar-refractivity contribution >= 4 is 11.9 Å². The maximum atomic E-state index is 11.4. The SMILES string of the molecule is Cc1ccccc1C(O)C(C)NC(=O)C=CC(=O)O. The number of hydrogen-bond acceptors (Lipinski definition) is 3. The first-order valence-corrected chi connectivity index (χ1v) is 5.87. The molecule has 0 aliphatic carbocycles. The molecule has 5 nitrogen and oxygen atoms in total. The number of nitrogens with one attached hydrogen (secondary N) is 1. The number of aliphatic carboxylic acids is 1. The Balaban J connectivity index is 2.68. The number of aliphatic hydroxyl groups is 1. The molecule has 3 N–H and O–H groups in total. The van der Waals surface area contributed by atoms with Crippen molar-refractivity contribution in [3.05, 3.63) is 47.5 Å². The van der Waals surface area contributed by atoms with Crippen molar-refractivity contribution in [1.82, 2.24) is 5.32 Å². The minimum atomic E-state index is -1.19. The van der Waals surface area contributed by atoms with Gasteiger partial charge in [0.2, 0.25) is 5.91 Å². The van der Waals surface area contributed by atoms with Crippen molar-refractivity contribution < 1.29 is 19.8 Å². The van der Waals surface area contributed by atoms with Crippen molar-refractivity contribution in [3.8, 4) is 0 Å². The molecular weight excluding hydrogens is 246 g/mol. The van der Waals surface area contributed by atoms with Gasteiger partial charge >= 0.3 is 5.97 Å². The lowest BCUT2D eigenvalue weighted by atomic mass is 9.99. The topological polar surface area (TPSA) is 86.6 Å². The molecule has 5 heteroatoms. The second-order valence-corrected chi connectivity index (χ2v) is 4.27. The molecule has 19 heavy (non-hydrogen) atoms. The summed E-state index contributed by atoms with van der Waals surface area (Å²) < 4.78 is 0. The lowest BCUT2D eigenvalue weighted by molar-refractivity contribution is -0.131. The highest BCUT2D eigenvalue weighted by Gasteiger charge is 2.18. The Hall–Kier alpha value is -2.14. The van der Waals surface area contributed by atoms with E-state index in [0.717, 1.165) is 23.3 Å². The lowest BCUT2D eigenvalue weighted by Crippen LogP contribution is -2.36. The Morgan fingerprint density at radius 1 is 1.26 bits per heavy atom. The fourth-order valence-electron chi connectivity index (χ4n) is 1.69. The quantitative estimate of drug-likeness (QED) is 0.696. The number of carboxylic acid groups (broad SMARTS) is 1. The summed E-state index contributed by atoms with van der Waals surface area (Å²) in [6, 6.07) is 6.81. The Labute approximate surface area is 111 Å². The van der Waals surface area contributed by atoms with Gasteiger partial charge in [0.15, 0.2) is 0 Å². The first kappa shape index (κ1) is 14.9. The van der Waals surface area contributed by atoms with Crippen LogP contribution in [0.25, 0.3) is 0 Å². The Morgan fingerprint density at radius 2 is 1.89 bits per heavy atom. The molecule has 0 aliphatic heterocycles. The Bertz CT molecular complexity index is 496. The van der Waals surface area contributed by atoms with Gasteiger partial charge in [0.1, 0.15) is 0 Å². The molecule has 0 aliphatic rings. The summed E-state index contributed by atoms with van der Waals surface area (Å²) >= 11 is 0. The summed E-state index contributed by atoms with van der Waals surface area (Å²) in [5, 5.41) is 21.1. The fourth-order valence-corrected chi connectivity index (χ4v) is 1.69. The molecule has 1 aromatic rings. The van der Waals surface area contributed by atoms with Gasteiger partial charge < -0.3 is 15.5 Å². The second kappa shape index (κ2) is 6.70. The van der Waals surface area contributed by atoms with E-state index >= 15 is 0 Å². The van der Waals surface area contributed by atoms with Gasteiger partial charge in [0, 0.05) is 12.2 Å². The van der Waals surface area contributed by atoms with E-state index in [1.165, 1.54) is 0 Å². The number of carboxylic acids is 1. The van der Waals surface area contributed by atoms with Crippen molar-refractivity contribution in [2.45, 2.75) is 26.0 Å². The molecule has 0 saturated heterocycles. The average Bonchev–Trinajstić information content (AvgIpc) is 2.36. The summed E-state index contributed by atoms with van der Waals surface area (Å²) in [6.45, 7) is 3.53. The summed E-state index contributed by atoms with van der Waals surface area (Å²) in [7, 11) is 0. The molecule has 2 atom stereocenters. The van der Waals surface area contributed by atoms with E-state index < -0.39 is 24.0 Å². The molecule has 0 heterocycles. The predicted octanol–water partition coefficient (Wildman–Crippen LogP) is 1.17. The highest BCUT2D eigenvalue weighted by Crippen LogP contribution is 2.20. The minimum Gasteiger partial charge on any atom is -0.478 e. The molecule has 0 aromatic heterocycles. The van der Waals surface area contributed by atoms with Crippen LogP contribution in [0.1, 0.15) is 24.2 Å². The number of amides is 1. The number of carbonyl (C=O) groups is 2. The second-order valence-electron chi connectivity index (χ2n) is 4.27. The minimum absolute atomic E-state index is 0.521. The lowest BCUT2D eigenvalue weighted by Gasteiger charge is -2.21. The third-order valence-electron chi connectivity index (χ3n) is 2.73. The standard InChI is InChI=1S/C14H17NO4/c1-9-5-3-4-6-11(9)14(19)10(2)15-12(16)7-8-13(17)18/h3-8,10,14,19H,1-2H3,(H,15,16)(H,17,18). The predicted molar refractivity (Wildman–Crippen MR) is 70.5 cm³/mol. The van der Waals surface area contributed by atoms with Gasteiger partial charge in [-0.3, -0.25) is 4.79 Å². The van der Waals surface area contributed by atoms with E-state index in [4.69, 9.17) is 5.11 Å². The Kier molecular flexibility index (Phi) is 5.26. The molecule has 0 saturated carbocycles. The zero-order valence-corrected chi connectivity index (χ0v) is 10.8. The third-order valence-corrected chi connectivity index (χ3v) is 2.73. The number of hydrogen-bond donors (Lipinski definition) is 3. The van der Waals surface area contributed by atoms with E-state index in [1.807, 2.05) is 25.1 Å². The Morgan fingerprint density at radius 3 is 2.47 bits per heavy atom. The van der Waals surface area contributed by atoms with Crippen LogP contribution in [0, 0.1) is 6.92 Å². The van der Waals surface area contributed by atoms with Gasteiger partial charge in [-0.05, 0) is 25.0 Å². The molecule has 0 fully saturated rings. The molecule has 0 spiro atoms. The van der Waals surface area contributed by atoms with E-state index in [-0.39, 0.29) is 0 Å². The maximum absolute atomic E-state index is 11.4. The van der Waals surface area contributed by atoms with Crippen molar-refractivity contribution in [3.63, 3.8) is 0 Å². The number of aliphatic hydroxyl groups excluding tert-OH is 1. The number of benzene rings is 1. The van der Waals surface area contributed by atoms with Crippen LogP contribution in [0.2, 0.25) is 0 Å². The van der Waals surface area contributed by atoms with Crippen LogP contribution in [0.5, 0.6) is 0 Å². The van der Waals surface area contributed by atoms with E-state index in [9.17, 15) is 14.7 Å². The van der Waals surface area contributed by atoms with Crippen LogP contribution >= 0.6 is 0 Å². The highest BCUT2D eigenvalue weighted by molar-refractivity contribution is 5.94. The molecule has 0 radical (unpaired) electrons. The van der Waals surface area contributed by atoms with Crippen molar-refractivity contribution in [2.24, 2.45) is 0 Å².